The Morgan fingerprint density at radius 2 is 2.46 bits per heavy atom. The predicted molar refractivity (Wildman–Crippen MR) is 49.5 cm³/mol. The SMILES string of the molecule is CCCC(OC)c1nccc(=O)[nH]1. The Morgan fingerprint density at radius 3 is 3.00 bits per heavy atom. The normalized spacial score (nSPS) is 12.8. The summed E-state index contributed by atoms with van der Waals surface area (Å²) in [5, 5.41) is 0. The molecule has 0 aliphatic heterocycles. The number of aromatic amines is 1. The third kappa shape index (κ3) is 2.66. The average Bonchev–Trinajstić information content (AvgIpc) is 2.14. The molecule has 1 heterocycles. The molecule has 13 heavy (non-hydrogen) atoms. The molecular formula is C9H14N2O2. The maximum atomic E-state index is 11.0. The maximum Gasteiger partial charge on any atom is 0.250 e. The van der Waals surface area contributed by atoms with Crippen molar-refractivity contribution >= 4 is 0 Å². The van der Waals surface area contributed by atoms with Gasteiger partial charge in [0, 0.05) is 19.4 Å². The van der Waals surface area contributed by atoms with E-state index in [9.17, 15) is 4.79 Å². The van der Waals surface area contributed by atoms with Crippen molar-refractivity contribution in [1.82, 2.24) is 9.97 Å². The van der Waals surface area contributed by atoms with Gasteiger partial charge in [-0.1, -0.05) is 13.3 Å². The predicted octanol–water partition coefficient (Wildman–Crippen LogP) is 1.26. The standard InChI is InChI=1S/C9H14N2O2/c1-3-4-7(13-2)9-10-6-5-8(12)11-9/h5-7H,3-4H2,1-2H3,(H,10,11,12). The van der Waals surface area contributed by atoms with Gasteiger partial charge in [-0.3, -0.25) is 4.79 Å². The second kappa shape index (κ2) is 4.77. The van der Waals surface area contributed by atoms with Crippen molar-refractivity contribution < 1.29 is 4.74 Å². The third-order valence-electron chi connectivity index (χ3n) is 1.83. The van der Waals surface area contributed by atoms with E-state index in [0.717, 1.165) is 12.8 Å². The largest absolute Gasteiger partial charge is 0.374 e. The number of hydrogen-bond donors (Lipinski definition) is 1. The van der Waals surface area contributed by atoms with Crippen LogP contribution in [0, 0.1) is 0 Å². The van der Waals surface area contributed by atoms with Crippen LogP contribution >= 0.6 is 0 Å². The summed E-state index contributed by atoms with van der Waals surface area (Å²) in [6.45, 7) is 2.06. The van der Waals surface area contributed by atoms with Crippen LogP contribution < -0.4 is 5.56 Å². The van der Waals surface area contributed by atoms with Gasteiger partial charge in [0.15, 0.2) is 0 Å². The van der Waals surface area contributed by atoms with E-state index in [1.54, 1.807) is 7.11 Å². The van der Waals surface area contributed by atoms with Gasteiger partial charge < -0.3 is 9.72 Å². The van der Waals surface area contributed by atoms with E-state index in [2.05, 4.69) is 16.9 Å². The summed E-state index contributed by atoms with van der Waals surface area (Å²) in [6.07, 6.45) is 3.26. The lowest BCUT2D eigenvalue weighted by Gasteiger charge is -2.12. The molecule has 4 nitrogen and oxygen atoms in total. The number of aromatic nitrogens is 2. The lowest BCUT2D eigenvalue weighted by atomic mass is 10.2. The van der Waals surface area contributed by atoms with Gasteiger partial charge >= 0.3 is 0 Å². The number of nitrogens with zero attached hydrogens (tertiary/aromatic N) is 1. The topological polar surface area (TPSA) is 55.0 Å². The summed E-state index contributed by atoms with van der Waals surface area (Å²) < 4.78 is 5.20. The van der Waals surface area contributed by atoms with E-state index >= 15 is 0 Å². The minimum Gasteiger partial charge on any atom is -0.374 e. The van der Waals surface area contributed by atoms with E-state index < -0.39 is 0 Å². The van der Waals surface area contributed by atoms with Crippen LogP contribution in [0.5, 0.6) is 0 Å². The Balaban J connectivity index is 2.84. The molecule has 0 amide bonds. The molecule has 0 aliphatic rings. The highest BCUT2D eigenvalue weighted by molar-refractivity contribution is 4.93. The second-order valence-corrected chi connectivity index (χ2v) is 2.83. The van der Waals surface area contributed by atoms with Crippen LogP contribution in [0.4, 0.5) is 0 Å². The quantitative estimate of drug-likeness (QED) is 0.762. The number of nitrogens with one attached hydrogen (secondary N) is 1. The molecule has 1 atom stereocenters. The minimum atomic E-state index is -0.136. The van der Waals surface area contributed by atoms with E-state index in [1.165, 1.54) is 12.3 Å². The molecule has 1 aromatic heterocycles. The lowest BCUT2D eigenvalue weighted by molar-refractivity contribution is 0.0874. The lowest BCUT2D eigenvalue weighted by Crippen LogP contribution is -2.13. The molecule has 1 N–H and O–H groups in total. The molecular weight excluding hydrogens is 168 g/mol. The zero-order chi connectivity index (χ0) is 9.68. The first kappa shape index (κ1) is 9.92. The first-order valence-corrected chi connectivity index (χ1v) is 4.36. The van der Waals surface area contributed by atoms with Crippen molar-refractivity contribution in [3.63, 3.8) is 0 Å². The molecule has 0 saturated heterocycles. The number of ether oxygens (including phenoxy) is 1. The first-order chi connectivity index (χ1) is 6.27. The van der Waals surface area contributed by atoms with Crippen LogP contribution in [0.15, 0.2) is 17.1 Å². The van der Waals surface area contributed by atoms with Gasteiger partial charge in [-0.05, 0) is 6.42 Å². The minimum absolute atomic E-state index is 0.0982. The molecule has 1 aromatic rings. The summed E-state index contributed by atoms with van der Waals surface area (Å²) in [5.41, 5.74) is -0.136. The molecule has 0 saturated carbocycles. The fourth-order valence-corrected chi connectivity index (χ4v) is 1.18. The highest BCUT2D eigenvalue weighted by atomic mass is 16.5. The van der Waals surface area contributed by atoms with Crippen LogP contribution in [-0.4, -0.2) is 17.1 Å². The van der Waals surface area contributed by atoms with Crippen LogP contribution in [0.25, 0.3) is 0 Å². The van der Waals surface area contributed by atoms with Gasteiger partial charge in [-0.15, -0.1) is 0 Å². The highest BCUT2D eigenvalue weighted by Gasteiger charge is 2.10. The van der Waals surface area contributed by atoms with Gasteiger partial charge in [-0.2, -0.15) is 0 Å². The molecule has 0 aliphatic carbocycles. The maximum absolute atomic E-state index is 11.0. The highest BCUT2D eigenvalue weighted by Crippen LogP contribution is 2.16. The zero-order valence-electron chi connectivity index (χ0n) is 7.91. The Labute approximate surface area is 77.0 Å². The molecule has 0 fully saturated rings. The number of hydrogen-bond acceptors (Lipinski definition) is 3. The molecule has 0 radical (unpaired) electrons. The van der Waals surface area contributed by atoms with Gasteiger partial charge in [0.2, 0.25) is 0 Å². The summed E-state index contributed by atoms with van der Waals surface area (Å²) in [7, 11) is 1.62. The van der Waals surface area contributed by atoms with E-state index in [-0.39, 0.29) is 11.7 Å². The zero-order valence-corrected chi connectivity index (χ0v) is 7.91. The molecule has 72 valence electrons. The fraction of sp³-hybridized carbons (Fsp3) is 0.556. The number of rotatable bonds is 4. The summed E-state index contributed by atoms with van der Waals surface area (Å²) in [6, 6.07) is 1.39. The Bertz CT molecular complexity index is 308. The Hall–Kier alpha value is -1.16. The molecule has 0 spiro atoms. The molecule has 1 rings (SSSR count). The van der Waals surface area contributed by atoms with E-state index in [1.807, 2.05) is 0 Å². The van der Waals surface area contributed by atoms with Crippen LogP contribution in [0.2, 0.25) is 0 Å². The van der Waals surface area contributed by atoms with Crippen molar-refractivity contribution in [3.8, 4) is 0 Å². The monoisotopic (exact) mass is 182 g/mol. The first-order valence-electron chi connectivity index (χ1n) is 4.36. The van der Waals surface area contributed by atoms with Crippen molar-refractivity contribution in [3.05, 3.63) is 28.4 Å². The van der Waals surface area contributed by atoms with Crippen LogP contribution in [0.1, 0.15) is 31.7 Å². The molecule has 0 aromatic carbocycles. The molecule has 4 heteroatoms. The van der Waals surface area contributed by atoms with Crippen molar-refractivity contribution in [2.24, 2.45) is 0 Å². The van der Waals surface area contributed by atoms with E-state index in [0.29, 0.717) is 5.82 Å². The van der Waals surface area contributed by atoms with Crippen molar-refractivity contribution in [2.75, 3.05) is 7.11 Å². The van der Waals surface area contributed by atoms with Gasteiger partial charge in [-0.25, -0.2) is 4.98 Å². The molecule has 1 unspecified atom stereocenters. The number of H-pyrrole nitrogens is 1. The van der Waals surface area contributed by atoms with Crippen molar-refractivity contribution in [1.29, 1.82) is 0 Å². The third-order valence-corrected chi connectivity index (χ3v) is 1.83. The van der Waals surface area contributed by atoms with Gasteiger partial charge in [0.05, 0.1) is 0 Å². The average molecular weight is 182 g/mol. The van der Waals surface area contributed by atoms with Crippen LogP contribution in [-0.2, 0) is 4.74 Å². The molecule has 0 bridgehead atoms. The Morgan fingerprint density at radius 1 is 1.69 bits per heavy atom. The summed E-state index contributed by atoms with van der Waals surface area (Å²) in [4.78, 5) is 17.7. The van der Waals surface area contributed by atoms with Crippen LogP contribution in [0.3, 0.4) is 0 Å². The number of methoxy groups -OCH3 is 1. The smallest absolute Gasteiger partial charge is 0.250 e. The van der Waals surface area contributed by atoms with Crippen molar-refractivity contribution in [2.45, 2.75) is 25.9 Å². The second-order valence-electron chi connectivity index (χ2n) is 2.83. The summed E-state index contributed by atoms with van der Waals surface area (Å²) in [5.74, 6) is 0.608. The van der Waals surface area contributed by atoms with Gasteiger partial charge in [0.1, 0.15) is 11.9 Å². The van der Waals surface area contributed by atoms with E-state index in [4.69, 9.17) is 4.74 Å². The Kier molecular flexibility index (Phi) is 3.64. The van der Waals surface area contributed by atoms with Gasteiger partial charge in [0.25, 0.3) is 5.56 Å². The summed E-state index contributed by atoms with van der Waals surface area (Å²) >= 11 is 0. The fourth-order valence-electron chi connectivity index (χ4n) is 1.18.